The van der Waals surface area contributed by atoms with Crippen LogP contribution in [0.1, 0.15) is 20.3 Å². The average Bonchev–Trinajstić information content (AvgIpc) is 2.53. The zero-order chi connectivity index (χ0) is 12.3. The molecule has 0 radical (unpaired) electrons. The molecule has 2 aliphatic heterocycles. The van der Waals surface area contributed by atoms with Crippen LogP contribution < -0.4 is 5.32 Å². The molecule has 2 rings (SSSR count). The number of hydrogen-bond acceptors (Lipinski definition) is 4. The molecule has 4 heteroatoms. The van der Waals surface area contributed by atoms with Gasteiger partial charge in [-0.2, -0.15) is 0 Å². The van der Waals surface area contributed by atoms with Gasteiger partial charge in [0.15, 0.2) is 0 Å². The zero-order valence-corrected chi connectivity index (χ0v) is 11.4. The molecule has 2 saturated heterocycles. The lowest BCUT2D eigenvalue weighted by molar-refractivity contribution is -0.0472. The van der Waals surface area contributed by atoms with Crippen molar-refractivity contribution in [1.29, 1.82) is 0 Å². The third-order valence-electron chi connectivity index (χ3n) is 3.95. The van der Waals surface area contributed by atoms with Gasteiger partial charge in [-0.05, 0) is 33.2 Å². The lowest BCUT2D eigenvalue weighted by Gasteiger charge is -2.27. The van der Waals surface area contributed by atoms with Crippen molar-refractivity contribution in [1.82, 2.24) is 10.2 Å². The minimum atomic E-state index is -0.0566. The molecule has 2 atom stereocenters. The monoisotopic (exact) mass is 242 g/mol. The molecule has 0 saturated carbocycles. The molecule has 0 aromatic rings. The third kappa shape index (κ3) is 3.41. The van der Waals surface area contributed by atoms with E-state index in [1.165, 1.54) is 0 Å². The highest BCUT2D eigenvalue weighted by atomic mass is 16.5. The normalized spacial score (nSPS) is 34.8. The first-order valence-corrected chi connectivity index (χ1v) is 6.74. The molecule has 4 nitrogen and oxygen atoms in total. The second kappa shape index (κ2) is 5.65. The lowest BCUT2D eigenvalue weighted by Crippen LogP contribution is -2.42. The Hall–Kier alpha value is -0.160. The molecule has 2 fully saturated rings. The van der Waals surface area contributed by atoms with Gasteiger partial charge in [-0.15, -0.1) is 0 Å². The van der Waals surface area contributed by atoms with Crippen LogP contribution in [-0.2, 0) is 9.47 Å². The minimum absolute atomic E-state index is 0.0566. The van der Waals surface area contributed by atoms with E-state index in [2.05, 4.69) is 31.1 Å². The summed E-state index contributed by atoms with van der Waals surface area (Å²) in [5.41, 5.74) is -0.0566. The van der Waals surface area contributed by atoms with Crippen LogP contribution in [0.3, 0.4) is 0 Å². The van der Waals surface area contributed by atoms with Gasteiger partial charge in [0.2, 0.25) is 0 Å². The van der Waals surface area contributed by atoms with Crippen molar-refractivity contribution in [2.75, 3.05) is 46.5 Å². The van der Waals surface area contributed by atoms with E-state index in [1.54, 1.807) is 0 Å². The van der Waals surface area contributed by atoms with Crippen LogP contribution in [0.5, 0.6) is 0 Å². The molecule has 0 unspecified atom stereocenters. The number of hydrogen-bond donors (Lipinski definition) is 1. The molecule has 100 valence electrons. The van der Waals surface area contributed by atoms with Crippen LogP contribution in [0.15, 0.2) is 0 Å². The molecule has 1 spiro atoms. The van der Waals surface area contributed by atoms with E-state index in [9.17, 15) is 0 Å². The minimum Gasteiger partial charge on any atom is -0.377 e. The lowest BCUT2D eigenvalue weighted by atomic mass is 9.94. The SMILES string of the molecule is CC(C)N(C)C[C@@H]1CO[C@]2(CNCCOC2)C1. The van der Waals surface area contributed by atoms with Gasteiger partial charge in [0, 0.05) is 25.7 Å². The fourth-order valence-corrected chi connectivity index (χ4v) is 2.67. The Morgan fingerprint density at radius 2 is 2.29 bits per heavy atom. The Balaban J connectivity index is 1.85. The highest BCUT2D eigenvalue weighted by Crippen LogP contribution is 2.31. The summed E-state index contributed by atoms with van der Waals surface area (Å²) in [5, 5.41) is 3.41. The summed E-state index contributed by atoms with van der Waals surface area (Å²) in [7, 11) is 2.19. The maximum Gasteiger partial charge on any atom is 0.104 e. The Kier molecular flexibility index (Phi) is 4.42. The predicted octanol–water partition coefficient (Wildman–Crippen LogP) is 0.722. The van der Waals surface area contributed by atoms with Crippen LogP contribution in [0.25, 0.3) is 0 Å². The summed E-state index contributed by atoms with van der Waals surface area (Å²) < 4.78 is 11.7. The smallest absolute Gasteiger partial charge is 0.104 e. The fourth-order valence-electron chi connectivity index (χ4n) is 2.67. The molecule has 0 aliphatic carbocycles. The summed E-state index contributed by atoms with van der Waals surface area (Å²) in [6.07, 6.45) is 1.12. The molecule has 0 aromatic carbocycles. The summed E-state index contributed by atoms with van der Waals surface area (Å²) in [4.78, 5) is 2.40. The van der Waals surface area contributed by atoms with Gasteiger partial charge in [0.25, 0.3) is 0 Å². The second-order valence-corrected chi connectivity index (χ2v) is 5.83. The van der Waals surface area contributed by atoms with Gasteiger partial charge in [-0.3, -0.25) is 0 Å². The fraction of sp³-hybridized carbons (Fsp3) is 1.00. The molecule has 1 N–H and O–H groups in total. The van der Waals surface area contributed by atoms with Crippen molar-refractivity contribution in [2.24, 2.45) is 5.92 Å². The van der Waals surface area contributed by atoms with E-state index in [0.29, 0.717) is 12.0 Å². The molecule has 0 bridgehead atoms. The van der Waals surface area contributed by atoms with Gasteiger partial charge in [0.05, 0.1) is 19.8 Å². The van der Waals surface area contributed by atoms with Crippen LogP contribution in [0, 0.1) is 5.92 Å². The van der Waals surface area contributed by atoms with Crippen molar-refractivity contribution in [3.63, 3.8) is 0 Å². The highest BCUT2D eigenvalue weighted by molar-refractivity contribution is 4.93. The Morgan fingerprint density at radius 1 is 1.47 bits per heavy atom. The highest BCUT2D eigenvalue weighted by Gasteiger charge is 2.41. The first-order valence-electron chi connectivity index (χ1n) is 6.74. The molecular weight excluding hydrogens is 216 g/mol. The topological polar surface area (TPSA) is 33.7 Å². The van der Waals surface area contributed by atoms with E-state index in [-0.39, 0.29) is 5.60 Å². The summed E-state index contributed by atoms with van der Waals surface area (Å²) in [5.74, 6) is 0.644. The van der Waals surface area contributed by atoms with Gasteiger partial charge >= 0.3 is 0 Å². The zero-order valence-electron chi connectivity index (χ0n) is 11.4. The van der Waals surface area contributed by atoms with Crippen molar-refractivity contribution in [3.05, 3.63) is 0 Å². The molecule has 0 amide bonds. The van der Waals surface area contributed by atoms with Crippen molar-refractivity contribution in [3.8, 4) is 0 Å². The number of ether oxygens (including phenoxy) is 2. The van der Waals surface area contributed by atoms with E-state index in [1.807, 2.05) is 0 Å². The molecule has 2 heterocycles. The quantitative estimate of drug-likeness (QED) is 0.791. The molecule has 2 aliphatic rings. The van der Waals surface area contributed by atoms with E-state index in [4.69, 9.17) is 9.47 Å². The third-order valence-corrected chi connectivity index (χ3v) is 3.95. The van der Waals surface area contributed by atoms with Crippen LogP contribution in [-0.4, -0.2) is 63.0 Å². The Bertz CT molecular complexity index is 238. The average molecular weight is 242 g/mol. The van der Waals surface area contributed by atoms with Crippen LogP contribution in [0.4, 0.5) is 0 Å². The van der Waals surface area contributed by atoms with Gasteiger partial charge in [-0.25, -0.2) is 0 Å². The summed E-state index contributed by atoms with van der Waals surface area (Å²) in [6, 6.07) is 0.607. The number of nitrogens with one attached hydrogen (secondary N) is 1. The second-order valence-electron chi connectivity index (χ2n) is 5.83. The predicted molar refractivity (Wildman–Crippen MR) is 68.2 cm³/mol. The van der Waals surface area contributed by atoms with Crippen LogP contribution in [0.2, 0.25) is 0 Å². The largest absolute Gasteiger partial charge is 0.377 e. The van der Waals surface area contributed by atoms with Crippen molar-refractivity contribution >= 4 is 0 Å². The van der Waals surface area contributed by atoms with Crippen molar-refractivity contribution in [2.45, 2.75) is 31.9 Å². The standard InChI is InChI=1S/C13H26N2O2/c1-11(2)15(3)7-12-6-13(17-8-12)9-14-4-5-16-10-13/h11-12,14H,4-10H2,1-3H3/t12-,13+/m1/s1. The molecule has 0 aromatic heterocycles. The van der Waals surface area contributed by atoms with Crippen LogP contribution >= 0.6 is 0 Å². The van der Waals surface area contributed by atoms with E-state index < -0.39 is 0 Å². The summed E-state index contributed by atoms with van der Waals surface area (Å²) in [6.45, 7) is 9.92. The van der Waals surface area contributed by atoms with E-state index >= 15 is 0 Å². The molecule has 17 heavy (non-hydrogen) atoms. The number of nitrogens with zero attached hydrogens (tertiary/aromatic N) is 1. The maximum absolute atomic E-state index is 6.04. The Labute approximate surface area is 105 Å². The van der Waals surface area contributed by atoms with E-state index in [0.717, 1.165) is 45.9 Å². The van der Waals surface area contributed by atoms with Gasteiger partial charge in [-0.1, -0.05) is 0 Å². The number of rotatable bonds is 3. The molecular formula is C13H26N2O2. The summed E-state index contributed by atoms with van der Waals surface area (Å²) >= 11 is 0. The van der Waals surface area contributed by atoms with Gasteiger partial charge < -0.3 is 19.7 Å². The Morgan fingerprint density at radius 3 is 3.06 bits per heavy atom. The van der Waals surface area contributed by atoms with Gasteiger partial charge in [0.1, 0.15) is 5.60 Å². The van der Waals surface area contributed by atoms with Crippen molar-refractivity contribution < 1.29 is 9.47 Å². The maximum atomic E-state index is 6.04. The first-order chi connectivity index (χ1) is 8.11. The first kappa shape index (κ1) is 13.3.